The molecule has 0 aromatic heterocycles. The summed E-state index contributed by atoms with van der Waals surface area (Å²) in [6.07, 6.45) is 1.63. The lowest BCUT2D eigenvalue weighted by Crippen LogP contribution is -2.51. The van der Waals surface area contributed by atoms with Gasteiger partial charge in [-0.2, -0.15) is 4.72 Å². The van der Waals surface area contributed by atoms with Crippen molar-refractivity contribution in [1.29, 1.82) is 0 Å². The summed E-state index contributed by atoms with van der Waals surface area (Å²) < 4.78 is 33.4. The Labute approximate surface area is 202 Å². The summed E-state index contributed by atoms with van der Waals surface area (Å²) in [6, 6.07) is 5.38. The van der Waals surface area contributed by atoms with Crippen molar-refractivity contribution in [3.63, 3.8) is 0 Å². The monoisotopic (exact) mass is 495 g/mol. The summed E-state index contributed by atoms with van der Waals surface area (Å²) >= 11 is 0. The van der Waals surface area contributed by atoms with Crippen LogP contribution >= 0.6 is 0 Å². The zero-order chi connectivity index (χ0) is 25.5. The topological polar surface area (TPSA) is 113 Å². The third kappa shape index (κ3) is 7.80. The number of carbonyl (C=O) groups excluding carboxylic acids is 3. The van der Waals surface area contributed by atoms with E-state index in [1.54, 1.807) is 24.0 Å². The molecule has 1 aromatic carbocycles. The molecule has 1 aliphatic heterocycles. The zero-order valence-electron chi connectivity index (χ0n) is 20.7. The number of aryl methyl sites for hydroxylation is 1. The predicted octanol–water partition coefficient (Wildman–Crippen LogP) is 1.95. The fourth-order valence-corrected chi connectivity index (χ4v) is 5.15. The van der Waals surface area contributed by atoms with Crippen LogP contribution in [0, 0.1) is 18.8 Å². The first-order valence-electron chi connectivity index (χ1n) is 11.7. The number of benzene rings is 1. The molecule has 0 spiro atoms. The molecule has 1 heterocycles. The largest absolute Gasteiger partial charge is 0.466 e. The number of amides is 2. The van der Waals surface area contributed by atoms with Crippen molar-refractivity contribution in [2.24, 2.45) is 11.8 Å². The van der Waals surface area contributed by atoms with Crippen LogP contribution in [0.4, 0.5) is 0 Å². The molecule has 1 aliphatic rings. The number of hydrogen-bond donors (Lipinski definition) is 1. The second-order valence-corrected chi connectivity index (χ2v) is 11.0. The van der Waals surface area contributed by atoms with Crippen LogP contribution in [0.3, 0.4) is 0 Å². The number of esters is 1. The van der Waals surface area contributed by atoms with Crippen molar-refractivity contribution in [2.75, 3.05) is 33.3 Å². The molecular weight excluding hydrogens is 458 g/mol. The minimum absolute atomic E-state index is 0.0474. The van der Waals surface area contributed by atoms with Crippen LogP contribution in [0.15, 0.2) is 29.2 Å². The first kappa shape index (κ1) is 27.8. The molecule has 0 bridgehead atoms. The lowest BCUT2D eigenvalue weighted by Gasteiger charge is -2.33. The molecule has 0 aliphatic carbocycles. The molecule has 0 saturated carbocycles. The summed E-state index contributed by atoms with van der Waals surface area (Å²) in [5.41, 5.74) is 0.926. The molecule has 1 N–H and O–H groups in total. The van der Waals surface area contributed by atoms with Gasteiger partial charge in [0.15, 0.2) is 0 Å². The number of rotatable bonds is 10. The number of sulfonamides is 1. The highest BCUT2D eigenvalue weighted by Gasteiger charge is 2.32. The summed E-state index contributed by atoms with van der Waals surface area (Å²) in [5, 5.41) is 0. The van der Waals surface area contributed by atoms with Crippen molar-refractivity contribution >= 4 is 27.8 Å². The number of carbonyl (C=O) groups is 3. The molecule has 190 valence electrons. The van der Waals surface area contributed by atoms with Gasteiger partial charge >= 0.3 is 5.97 Å². The SMILES string of the molecule is CCOC(=O)C1CCCN(C(=O)CN(C)C(=O)C(CC(C)C)NS(=O)(=O)c2ccc(C)cc2)C1. The maximum atomic E-state index is 13.2. The van der Waals surface area contributed by atoms with Gasteiger partial charge in [-0.3, -0.25) is 14.4 Å². The highest BCUT2D eigenvalue weighted by Crippen LogP contribution is 2.19. The molecule has 10 heteroatoms. The number of nitrogens with one attached hydrogen (secondary N) is 1. The lowest BCUT2D eigenvalue weighted by atomic mass is 9.98. The highest BCUT2D eigenvalue weighted by molar-refractivity contribution is 7.89. The number of likely N-dealkylation sites (N-methyl/N-ethyl adjacent to an activating group) is 1. The number of hydrogen-bond acceptors (Lipinski definition) is 6. The third-order valence-corrected chi connectivity index (χ3v) is 7.26. The van der Waals surface area contributed by atoms with E-state index in [-0.39, 0.29) is 54.7 Å². The van der Waals surface area contributed by atoms with Gasteiger partial charge in [0.1, 0.15) is 6.04 Å². The molecule has 1 saturated heterocycles. The quantitative estimate of drug-likeness (QED) is 0.497. The van der Waals surface area contributed by atoms with E-state index in [0.29, 0.717) is 19.4 Å². The Hall–Kier alpha value is -2.46. The van der Waals surface area contributed by atoms with Gasteiger partial charge in [-0.15, -0.1) is 0 Å². The second-order valence-electron chi connectivity index (χ2n) is 9.24. The molecule has 1 fully saturated rings. The number of nitrogens with zero attached hydrogens (tertiary/aromatic N) is 2. The van der Waals surface area contributed by atoms with Crippen LogP contribution in [0.5, 0.6) is 0 Å². The van der Waals surface area contributed by atoms with Gasteiger partial charge in [-0.25, -0.2) is 8.42 Å². The van der Waals surface area contributed by atoms with E-state index in [9.17, 15) is 22.8 Å². The minimum Gasteiger partial charge on any atom is -0.466 e. The lowest BCUT2D eigenvalue weighted by molar-refractivity contribution is -0.152. The Bertz CT molecular complexity index is 961. The first-order valence-corrected chi connectivity index (χ1v) is 13.2. The van der Waals surface area contributed by atoms with E-state index in [0.717, 1.165) is 5.56 Å². The van der Waals surface area contributed by atoms with Gasteiger partial charge in [0.2, 0.25) is 21.8 Å². The van der Waals surface area contributed by atoms with Crippen molar-refractivity contribution in [2.45, 2.75) is 57.9 Å². The van der Waals surface area contributed by atoms with Crippen molar-refractivity contribution in [3.8, 4) is 0 Å². The summed E-state index contributed by atoms with van der Waals surface area (Å²) in [5.74, 6) is -1.39. The van der Waals surface area contributed by atoms with Crippen LogP contribution < -0.4 is 4.72 Å². The number of piperidine rings is 1. The molecule has 2 amide bonds. The standard InChI is InChI=1S/C24H37N3O6S/c1-6-33-24(30)19-8-7-13-27(15-19)22(28)16-26(5)23(29)21(14-17(2)3)25-34(31,32)20-11-9-18(4)10-12-20/h9-12,17,19,21,25H,6-8,13-16H2,1-5H3. The van der Waals surface area contributed by atoms with E-state index in [4.69, 9.17) is 4.74 Å². The van der Waals surface area contributed by atoms with Crippen LogP contribution in [0.2, 0.25) is 0 Å². The second kappa shape index (κ2) is 12.3. The van der Waals surface area contributed by atoms with Crippen LogP contribution in [-0.2, 0) is 29.1 Å². The Morgan fingerprint density at radius 1 is 1.21 bits per heavy atom. The van der Waals surface area contributed by atoms with Gasteiger partial charge in [0, 0.05) is 20.1 Å². The van der Waals surface area contributed by atoms with Crippen molar-refractivity contribution in [1.82, 2.24) is 14.5 Å². The minimum atomic E-state index is -3.92. The van der Waals surface area contributed by atoms with Gasteiger partial charge in [0.05, 0.1) is 24.0 Å². The van der Waals surface area contributed by atoms with Crippen LogP contribution in [-0.4, -0.2) is 75.3 Å². The number of ether oxygens (including phenoxy) is 1. The maximum absolute atomic E-state index is 13.2. The molecule has 1 aromatic rings. The summed E-state index contributed by atoms with van der Waals surface area (Å²) in [7, 11) is -2.43. The molecule has 9 nitrogen and oxygen atoms in total. The van der Waals surface area contributed by atoms with Crippen LogP contribution in [0.25, 0.3) is 0 Å². The number of likely N-dealkylation sites (tertiary alicyclic amines) is 1. The molecule has 2 rings (SSSR count). The Morgan fingerprint density at radius 2 is 1.85 bits per heavy atom. The molecule has 2 unspecified atom stereocenters. The molecular formula is C24H37N3O6S. The van der Waals surface area contributed by atoms with E-state index in [1.807, 2.05) is 20.8 Å². The zero-order valence-corrected chi connectivity index (χ0v) is 21.6. The molecule has 2 atom stereocenters. The summed E-state index contributed by atoms with van der Waals surface area (Å²) in [6.45, 7) is 8.25. The first-order chi connectivity index (χ1) is 15.9. The van der Waals surface area contributed by atoms with Crippen molar-refractivity contribution < 1.29 is 27.5 Å². The van der Waals surface area contributed by atoms with Gasteiger partial charge in [-0.05, 0) is 51.2 Å². The van der Waals surface area contributed by atoms with Gasteiger partial charge < -0.3 is 14.5 Å². The fourth-order valence-electron chi connectivity index (χ4n) is 3.95. The van der Waals surface area contributed by atoms with E-state index in [2.05, 4.69) is 4.72 Å². The third-order valence-electron chi connectivity index (χ3n) is 5.78. The maximum Gasteiger partial charge on any atom is 0.310 e. The smallest absolute Gasteiger partial charge is 0.310 e. The molecule has 0 radical (unpaired) electrons. The Balaban J connectivity index is 2.07. The van der Waals surface area contributed by atoms with Gasteiger partial charge in [-0.1, -0.05) is 31.5 Å². The normalized spacial score (nSPS) is 17.4. The fraction of sp³-hybridized carbons (Fsp3) is 0.625. The Morgan fingerprint density at radius 3 is 2.44 bits per heavy atom. The van der Waals surface area contributed by atoms with Crippen LogP contribution in [0.1, 0.15) is 45.6 Å². The molecule has 34 heavy (non-hydrogen) atoms. The van der Waals surface area contributed by atoms with E-state index in [1.165, 1.54) is 24.1 Å². The van der Waals surface area contributed by atoms with E-state index >= 15 is 0 Å². The Kier molecular flexibility index (Phi) is 10.1. The van der Waals surface area contributed by atoms with Gasteiger partial charge in [0.25, 0.3) is 0 Å². The predicted molar refractivity (Wildman–Crippen MR) is 128 cm³/mol. The summed E-state index contributed by atoms with van der Waals surface area (Å²) in [4.78, 5) is 41.0. The van der Waals surface area contributed by atoms with Crippen molar-refractivity contribution in [3.05, 3.63) is 29.8 Å². The average Bonchev–Trinajstić information content (AvgIpc) is 2.78. The van der Waals surface area contributed by atoms with E-state index < -0.39 is 22.0 Å². The average molecular weight is 496 g/mol. The highest BCUT2D eigenvalue weighted by atomic mass is 32.2.